The molecule has 1 aliphatic rings. The molecular weight excluding hydrogens is 180 g/mol. The van der Waals surface area contributed by atoms with E-state index < -0.39 is 11.5 Å². The van der Waals surface area contributed by atoms with Gasteiger partial charge < -0.3 is 4.74 Å². The minimum absolute atomic E-state index is 0.0743. The second kappa shape index (κ2) is 4.11. The minimum Gasteiger partial charge on any atom is -0.454 e. The maximum atomic E-state index is 11.6. The van der Waals surface area contributed by atoms with Gasteiger partial charge in [0.1, 0.15) is 0 Å². The van der Waals surface area contributed by atoms with Crippen molar-refractivity contribution in [2.45, 2.75) is 52.6 Å². The van der Waals surface area contributed by atoms with Gasteiger partial charge in [-0.1, -0.05) is 6.92 Å². The number of carbonyl (C=O) groups excluding carboxylic acids is 2. The third kappa shape index (κ3) is 2.34. The smallest absolute Gasteiger partial charge is 0.312 e. The molecule has 0 N–H and O–H groups in total. The van der Waals surface area contributed by atoms with Gasteiger partial charge in [0, 0.05) is 6.42 Å². The highest BCUT2D eigenvalue weighted by atomic mass is 16.5. The molecule has 0 radical (unpaired) electrons. The molecule has 0 aromatic carbocycles. The lowest BCUT2D eigenvalue weighted by molar-refractivity contribution is -0.162. The first-order valence-electron chi connectivity index (χ1n) is 5.21. The normalized spacial score (nSPS) is 22.5. The van der Waals surface area contributed by atoms with Crippen molar-refractivity contribution in [3.05, 3.63) is 0 Å². The quantitative estimate of drug-likeness (QED) is 0.652. The summed E-state index contributed by atoms with van der Waals surface area (Å²) in [4.78, 5) is 22.9. The van der Waals surface area contributed by atoms with Gasteiger partial charge in [-0.25, -0.2) is 0 Å². The molecule has 0 bridgehead atoms. The number of rotatable bonds is 3. The number of hydrogen-bond donors (Lipinski definition) is 0. The van der Waals surface area contributed by atoms with Crippen molar-refractivity contribution in [3.8, 4) is 0 Å². The largest absolute Gasteiger partial charge is 0.454 e. The van der Waals surface area contributed by atoms with E-state index >= 15 is 0 Å². The fourth-order valence-corrected chi connectivity index (χ4v) is 1.34. The third-order valence-corrected chi connectivity index (χ3v) is 2.93. The number of carbonyl (C=O) groups is 2. The van der Waals surface area contributed by atoms with Gasteiger partial charge in [0.2, 0.25) is 0 Å². The first-order valence-corrected chi connectivity index (χ1v) is 5.21. The Balaban J connectivity index is 2.52. The Hall–Kier alpha value is -0.860. The van der Waals surface area contributed by atoms with Gasteiger partial charge in [0.25, 0.3) is 0 Å². The van der Waals surface area contributed by atoms with Crippen LogP contribution in [0, 0.1) is 5.41 Å². The van der Waals surface area contributed by atoms with Crippen LogP contribution in [0.3, 0.4) is 0 Å². The predicted molar refractivity (Wildman–Crippen MR) is 52.8 cm³/mol. The van der Waals surface area contributed by atoms with Gasteiger partial charge in [-0.05, 0) is 33.1 Å². The molecule has 1 atom stereocenters. The minimum atomic E-state index is -0.469. The monoisotopic (exact) mass is 198 g/mol. The van der Waals surface area contributed by atoms with Gasteiger partial charge in [-0.15, -0.1) is 0 Å². The molecule has 3 nitrogen and oxygen atoms in total. The maximum absolute atomic E-state index is 11.6. The molecule has 0 spiro atoms. The lowest BCUT2D eigenvalue weighted by Gasteiger charge is -2.22. The molecule has 0 aliphatic heterocycles. The van der Waals surface area contributed by atoms with E-state index in [4.69, 9.17) is 4.74 Å². The summed E-state index contributed by atoms with van der Waals surface area (Å²) in [6.45, 7) is 5.63. The molecule has 1 fully saturated rings. The Morgan fingerprint density at radius 3 is 2.64 bits per heavy atom. The Kier molecular flexibility index (Phi) is 3.29. The van der Waals surface area contributed by atoms with E-state index in [1.54, 1.807) is 0 Å². The molecular formula is C11H18O3. The van der Waals surface area contributed by atoms with Crippen LogP contribution < -0.4 is 0 Å². The van der Waals surface area contributed by atoms with E-state index in [2.05, 4.69) is 0 Å². The zero-order valence-corrected chi connectivity index (χ0v) is 9.13. The Morgan fingerprint density at radius 1 is 1.57 bits per heavy atom. The van der Waals surface area contributed by atoms with Gasteiger partial charge >= 0.3 is 5.97 Å². The van der Waals surface area contributed by atoms with Crippen molar-refractivity contribution >= 4 is 11.8 Å². The number of ketones is 1. The van der Waals surface area contributed by atoms with E-state index in [-0.39, 0.29) is 11.8 Å². The van der Waals surface area contributed by atoms with Crippen LogP contribution in [0.25, 0.3) is 0 Å². The van der Waals surface area contributed by atoms with Crippen LogP contribution in [0.15, 0.2) is 0 Å². The molecule has 0 heterocycles. The topological polar surface area (TPSA) is 43.4 Å². The highest BCUT2D eigenvalue weighted by molar-refractivity contribution is 5.88. The van der Waals surface area contributed by atoms with E-state index in [0.29, 0.717) is 12.8 Å². The van der Waals surface area contributed by atoms with Gasteiger partial charge in [-0.3, -0.25) is 9.59 Å². The average Bonchev–Trinajstić information content (AvgIpc) is 2.52. The molecule has 3 heteroatoms. The van der Waals surface area contributed by atoms with Crippen molar-refractivity contribution in [3.63, 3.8) is 0 Å². The fourth-order valence-electron chi connectivity index (χ4n) is 1.34. The highest BCUT2D eigenvalue weighted by Crippen LogP contribution is 2.25. The Labute approximate surface area is 84.8 Å². The molecule has 1 saturated carbocycles. The number of esters is 1. The maximum Gasteiger partial charge on any atom is 0.312 e. The number of Topliss-reactive ketones (excluding diaryl/α,β-unsaturated/α-hetero) is 1. The number of ether oxygens (including phenoxy) is 1. The van der Waals surface area contributed by atoms with Gasteiger partial charge in [-0.2, -0.15) is 0 Å². The van der Waals surface area contributed by atoms with E-state index in [9.17, 15) is 9.59 Å². The van der Waals surface area contributed by atoms with Crippen molar-refractivity contribution in [2.24, 2.45) is 5.41 Å². The van der Waals surface area contributed by atoms with Crippen molar-refractivity contribution in [1.29, 1.82) is 0 Å². The SMILES string of the molecule is CCC(C)(C)C(=O)OC1CCCC1=O. The second-order valence-corrected chi connectivity index (χ2v) is 4.49. The molecule has 14 heavy (non-hydrogen) atoms. The van der Waals surface area contributed by atoms with Crippen molar-refractivity contribution in [2.75, 3.05) is 0 Å². The zero-order valence-electron chi connectivity index (χ0n) is 9.13. The Morgan fingerprint density at radius 2 is 2.21 bits per heavy atom. The van der Waals surface area contributed by atoms with Crippen LogP contribution >= 0.6 is 0 Å². The summed E-state index contributed by atoms with van der Waals surface area (Å²) in [5.74, 6) is -0.175. The van der Waals surface area contributed by atoms with Crippen LogP contribution in [-0.4, -0.2) is 17.9 Å². The first-order chi connectivity index (χ1) is 6.47. The molecule has 1 rings (SSSR count). The molecule has 1 aliphatic carbocycles. The van der Waals surface area contributed by atoms with E-state index in [0.717, 1.165) is 12.8 Å². The van der Waals surface area contributed by atoms with E-state index in [1.165, 1.54) is 0 Å². The lowest BCUT2D eigenvalue weighted by Crippen LogP contribution is -2.31. The van der Waals surface area contributed by atoms with Crippen LogP contribution in [0.4, 0.5) is 0 Å². The van der Waals surface area contributed by atoms with Gasteiger partial charge in [0.15, 0.2) is 11.9 Å². The average molecular weight is 198 g/mol. The van der Waals surface area contributed by atoms with Crippen molar-refractivity contribution in [1.82, 2.24) is 0 Å². The van der Waals surface area contributed by atoms with Crippen LogP contribution in [0.1, 0.15) is 46.5 Å². The lowest BCUT2D eigenvalue weighted by atomic mass is 9.90. The predicted octanol–water partition coefficient (Wildman–Crippen LogP) is 2.09. The summed E-state index contributed by atoms with van der Waals surface area (Å²) < 4.78 is 5.19. The van der Waals surface area contributed by atoms with Crippen LogP contribution in [0.5, 0.6) is 0 Å². The summed E-state index contributed by atoms with van der Waals surface area (Å²) >= 11 is 0. The molecule has 1 unspecified atom stereocenters. The van der Waals surface area contributed by atoms with Crippen LogP contribution in [0.2, 0.25) is 0 Å². The summed E-state index contributed by atoms with van der Waals surface area (Å²) in [6, 6.07) is 0. The Bertz CT molecular complexity index is 243. The molecule has 0 amide bonds. The van der Waals surface area contributed by atoms with Crippen LogP contribution in [-0.2, 0) is 14.3 Å². The van der Waals surface area contributed by atoms with Gasteiger partial charge in [0.05, 0.1) is 5.41 Å². The van der Waals surface area contributed by atoms with E-state index in [1.807, 2.05) is 20.8 Å². The second-order valence-electron chi connectivity index (χ2n) is 4.49. The standard InChI is InChI=1S/C11H18O3/c1-4-11(2,3)10(13)14-9-7-5-6-8(9)12/h9H,4-7H2,1-3H3. The summed E-state index contributed by atoms with van der Waals surface area (Å²) in [5.41, 5.74) is -0.469. The van der Waals surface area contributed by atoms with Crippen molar-refractivity contribution < 1.29 is 14.3 Å². The summed E-state index contributed by atoms with van der Waals surface area (Å²) in [7, 11) is 0. The molecule has 0 aromatic rings. The highest BCUT2D eigenvalue weighted by Gasteiger charge is 2.33. The molecule has 0 saturated heterocycles. The summed E-state index contributed by atoms with van der Waals surface area (Å²) in [5, 5.41) is 0. The number of hydrogen-bond acceptors (Lipinski definition) is 3. The molecule has 80 valence electrons. The zero-order chi connectivity index (χ0) is 10.8. The fraction of sp³-hybridized carbons (Fsp3) is 0.818. The first kappa shape index (κ1) is 11.2. The molecule has 0 aromatic heterocycles. The third-order valence-electron chi connectivity index (χ3n) is 2.93. The summed E-state index contributed by atoms with van der Waals surface area (Å²) in [6.07, 6.45) is 2.37.